The van der Waals surface area contributed by atoms with Crippen LogP contribution in [0.5, 0.6) is 0 Å². The summed E-state index contributed by atoms with van der Waals surface area (Å²) in [5.41, 5.74) is 2.43. The molecule has 1 atom stereocenters. The van der Waals surface area contributed by atoms with Gasteiger partial charge in [0.05, 0.1) is 11.1 Å². The van der Waals surface area contributed by atoms with E-state index >= 15 is 0 Å². The molecule has 6 nitrogen and oxygen atoms in total. The van der Waals surface area contributed by atoms with Gasteiger partial charge in [-0.05, 0) is 18.6 Å². The van der Waals surface area contributed by atoms with Gasteiger partial charge in [0.15, 0.2) is 0 Å². The molecule has 0 bridgehead atoms. The number of rotatable bonds is 5. The Morgan fingerprint density at radius 2 is 1.79 bits per heavy atom. The highest BCUT2D eigenvalue weighted by molar-refractivity contribution is 7.77. The quantitative estimate of drug-likeness (QED) is 0.696. The topological polar surface area (TPSA) is 84.2 Å². The third kappa shape index (κ3) is 3.28. The highest BCUT2D eigenvalue weighted by atomic mass is 32.2. The number of nitrogens with zero attached hydrogens (tertiary/aromatic N) is 2. The van der Waals surface area contributed by atoms with Gasteiger partial charge in [0.2, 0.25) is 11.3 Å². The van der Waals surface area contributed by atoms with Gasteiger partial charge in [0.25, 0.3) is 5.56 Å². The minimum atomic E-state index is -2.03. The van der Waals surface area contributed by atoms with E-state index in [1.165, 1.54) is 4.68 Å². The van der Waals surface area contributed by atoms with E-state index in [0.717, 1.165) is 22.2 Å². The Hall–Kier alpha value is -2.35. The molecule has 1 unspecified atom stereocenters. The van der Waals surface area contributed by atoms with Crippen molar-refractivity contribution in [2.45, 2.75) is 20.0 Å². The fraction of sp³-hybridized carbons (Fsp3) is 0.176. The SMILES string of the molecule is CCn1nc(-c2ccc(CNS(=O)O)cc2)c2ccccc2c1=O. The summed E-state index contributed by atoms with van der Waals surface area (Å²) in [5.74, 6) is 0. The molecule has 0 fully saturated rings. The number of hydrogen-bond acceptors (Lipinski definition) is 3. The molecule has 0 spiro atoms. The first-order valence-corrected chi connectivity index (χ1v) is 8.64. The molecule has 3 aromatic rings. The number of fused-ring (bicyclic) bond motifs is 1. The summed E-state index contributed by atoms with van der Waals surface area (Å²) in [6, 6.07) is 15.0. The molecule has 3 rings (SSSR count). The van der Waals surface area contributed by atoms with Crippen LogP contribution in [0, 0.1) is 0 Å². The minimum Gasteiger partial charge on any atom is -0.294 e. The lowest BCUT2D eigenvalue weighted by molar-refractivity contribution is 0.548. The minimum absolute atomic E-state index is 0.0944. The summed E-state index contributed by atoms with van der Waals surface area (Å²) in [7, 11) is 0. The second kappa shape index (κ2) is 7.04. The van der Waals surface area contributed by atoms with E-state index in [1.807, 2.05) is 55.5 Å². The predicted molar refractivity (Wildman–Crippen MR) is 94.7 cm³/mol. The average Bonchev–Trinajstić information content (AvgIpc) is 2.61. The largest absolute Gasteiger partial charge is 0.294 e. The van der Waals surface area contributed by atoms with Crippen molar-refractivity contribution in [3.63, 3.8) is 0 Å². The van der Waals surface area contributed by atoms with E-state index in [4.69, 9.17) is 4.55 Å². The molecule has 7 heteroatoms. The maximum atomic E-state index is 12.4. The van der Waals surface area contributed by atoms with Crippen molar-refractivity contribution >= 4 is 22.0 Å². The molecule has 0 amide bonds. The van der Waals surface area contributed by atoms with Gasteiger partial charge in [-0.3, -0.25) is 9.35 Å². The fourth-order valence-corrected chi connectivity index (χ4v) is 2.88. The molecule has 1 aromatic heterocycles. The second-order valence-corrected chi connectivity index (χ2v) is 6.07. The number of nitrogens with one attached hydrogen (secondary N) is 1. The molecule has 0 saturated heterocycles. The van der Waals surface area contributed by atoms with Crippen LogP contribution in [0.1, 0.15) is 12.5 Å². The van der Waals surface area contributed by atoms with Crippen LogP contribution >= 0.6 is 0 Å². The first-order chi connectivity index (χ1) is 11.6. The van der Waals surface area contributed by atoms with Gasteiger partial charge in [-0.2, -0.15) is 5.10 Å². The van der Waals surface area contributed by atoms with Gasteiger partial charge >= 0.3 is 0 Å². The van der Waals surface area contributed by atoms with Crippen molar-refractivity contribution in [1.29, 1.82) is 0 Å². The lowest BCUT2D eigenvalue weighted by Crippen LogP contribution is -2.22. The van der Waals surface area contributed by atoms with Crippen molar-refractivity contribution in [1.82, 2.24) is 14.5 Å². The predicted octanol–water partition coefficient (Wildman–Crippen LogP) is 2.31. The Morgan fingerprint density at radius 1 is 1.12 bits per heavy atom. The Balaban J connectivity index is 2.07. The first kappa shape index (κ1) is 16.5. The molecule has 0 aliphatic rings. The molecule has 0 aliphatic carbocycles. The van der Waals surface area contributed by atoms with Crippen LogP contribution in [-0.4, -0.2) is 18.5 Å². The molecule has 2 aromatic carbocycles. The van der Waals surface area contributed by atoms with E-state index < -0.39 is 11.3 Å². The normalized spacial score (nSPS) is 12.4. The second-order valence-electron chi connectivity index (χ2n) is 5.28. The molecule has 2 N–H and O–H groups in total. The smallest absolute Gasteiger partial charge is 0.274 e. The van der Waals surface area contributed by atoms with Crippen LogP contribution in [0.4, 0.5) is 0 Å². The van der Waals surface area contributed by atoms with Crippen LogP contribution in [-0.2, 0) is 24.4 Å². The maximum Gasteiger partial charge on any atom is 0.274 e. The Labute approximate surface area is 141 Å². The summed E-state index contributed by atoms with van der Waals surface area (Å²) < 4.78 is 23.3. The zero-order valence-electron chi connectivity index (χ0n) is 13.1. The molecule has 1 heterocycles. The van der Waals surface area contributed by atoms with Gasteiger partial charge in [-0.1, -0.05) is 42.5 Å². The summed E-state index contributed by atoms with van der Waals surface area (Å²) in [4.78, 5) is 12.4. The zero-order chi connectivity index (χ0) is 17.1. The van der Waals surface area contributed by atoms with Crippen molar-refractivity contribution in [2.24, 2.45) is 0 Å². The number of benzene rings is 2. The van der Waals surface area contributed by atoms with E-state index in [0.29, 0.717) is 18.5 Å². The lowest BCUT2D eigenvalue weighted by Gasteiger charge is -2.10. The lowest BCUT2D eigenvalue weighted by atomic mass is 10.0. The van der Waals surface area contributed by atoms with E-state index in [1.54, 1.807) is 0 Å². The van der Waals surface area contributed by atoms with Crippen LogP contribution in [0.25, 0.3) is 22.0 Å². The average molecular weight is 343 g/mol. The van der Waals surface area contributed by atoms with Gasteiger partial charge < -0.3 is 0 Å². The van der Waals surface area contributed by atoms with Gasteiger partial charge in [-0.15, -0.1) is 0 Å². The number of hydrogen-bond donors (Lipinski definition) is 2. The summed E-state index contributed by atoms with van der Waals surface area (Å²) in [6.45, 7) is 2.68. The molecule has 24 heavy (non-hydrogen) atoms. The number of aromatic nitrogens is 2. The molecule has 0 saturated carbocycles. The van der Waals surface area contributed by atoms with E-state index in [-0.39, 0.29) is 5.56 Å². The van der Waals surface area contributed by atoms with Gasteiger partial charge in [0.1, 0.15) is 0 Å². The summed E-state index contributed by atoms with van der Waals surface area (Å²) in [5, 5.41) is 5.95. The Morgan fingerprint density at radius 3 is 2.42 bits per heavy atom. The Bertz CT molecular complexity index is 951. The van der Waals surface area contributed by atoms with E-state index in [9.17, 15) is 9.00 Å². The maximum absolute atomic E-state index is 12.4. The first-order valence-electron chi connectivity index (χ1n) is 7.53. The number of aryl methyl sites for hydroxylation is 1. The summed E-state index contributed by atoms with van der Waals surface area (Å²) >= 11 is -2.03. The van der Waals surface area contributed by atoms with Crippen LogP contribution in [0.15, 0.2) is 53.3 Å². The highest BCUT2D eigenvalue weighted by Crippen LogP contribution is 2.24. The molecule has 0 aliphatic heterocycles. The van der Waals surface area contributed by atoms with Crippen molar-refractivity contribution in [2.75, 3.05) is 0 Å². The van der Waals surface area contributed by atoms with Crippen LogP contribution in [0.2, 0.25) is 0 Å². The standard InChI is InChI=1S/C17H17N3O3S/c1-2-20-17(21)15-6-4-3-5-14(15)16(19-20)13-9-7-12(8-10-13)11-18-24(22)23/h3-10,18H,2,11H2,1H3,(H,22,23). The fourth-order valence-electron chi connectivity index (χ4n) is 2.59. The van der Waals surface area contributed by atoms with Gasteiger partial charge in [-0.25, -0.2) is 13.6 Å². The molecule has 0 radical (unpaired) electrons. The van der Waals surface area contributed by atoms with Crippen molar-refractivity contribution in [3.05, 3.63) is 64.4 Å². The monoisotopic (exact) mass is 343 g/mol. The van der Waals surface area contributed by atoms with Crippen LogP contribution in [0.3, 0.4) is 0 Å². The zero-order valence-corrected chi connectivity index (χ0v) is 13.9. The van der Waals surface area contributed by atoms with Crippen molar-refractivity contribution in [3.8, 4) is 11.3 Å². The molecular formula is C17H17N3O3S. The third-order valence-electron chi connectivity index (χ3n) is 3.79. The van der Waals surface area contributed by atoms with Crippen molar-refractivity contribution < 1.29 is 8.76 Å². The van der Waals surface area contributed by atoms with E-state index in [2.05, 4.69) is 9.82 Å². The highest BCUT2D eigenvalue weighted by Gasteiger charge is 2.11. The summed E-state index contributed by atoms with van der Waals surface area (Å²) in [6.07, 6.45) is 0. The van der Waals surface area contributed by atoms with Crippen LogP contribution < -0.4 is 10.3 Å². The third-order valence-corrected chi connectivity index (χ3v) is 4.19. The molecule has 124 valence electrons. The Kier molecular flexibility index (Phi) is 4.84. The van der Waals surface area contributed by atoms with Gasteiger partial charge in [0, 0.05) is 24.0 Å². The molecular weight excluding hydrogens is 326 g/mol.